The van der Waals surface area contributed by atoms with Crippen molar-refractivity contribution in [3.63, 3.8) is 0 Å². The molecule has 1 aromatic heterocycles. The van der Waals surface area contributed by atoms with Crippen LogP contribution < -0.4 is 0 Å². The van der Waals surface area contributed by atoms with E-state index < -0.39 is 0 Å². The van der Waals surface area contributed by atoms with Crippen molar-refractivity contribution < 1.29 is 9.15 Å². The third-order valence-corrected chi connectivity index (χ3v) is 2.19. The first kappa shape index (κ1) is 6.26. The molecule has 2 nitrogen and oxygen atoms in total. The summed E-state index contributed by atoms with van der Waals surface area (Å²) in [5.41, 5.74) is 2.17. The van der Waals surface area contributed by atoms with E-state index in [4.69, 9.17) is 9.15 Å². The molecule has 1 aliphatic heterocycles. The standard InChI is InChI=1S/C10H8O2/c1-2-8(10-6-12-10)5-9-7(1)3-4-11-9/h1-5,10H,6H2. The third kappa shape index (κ3) is 0.850. The lowest BCUT2D eigenvalue weighted by Gasteiger charge is -1.93. The van der Waals surface area contributed by atoms with E-state index in [0.717, 1.165) is 17.6 Å². The van der Waals surface area contributed by atoms with Crippen molar-refractivity contribution in [1.29, 1.82) is 0 Å². The van der Waals surface area contributed by atoms with Gasteiger partial charge in [0, 0.05) is 5.39 Å². The summed E-state index contributed by atoms with van der Waals surface area (Å²) in [7, 11) is 0. The molecule has 12 heavy (non-hydrogen) atoms. The summed E-state index contributed by atoms with van der Waals surface area (Å²) >= 11 is 0. The van der Waals surface area contributed by atoms with E-state index in [9.17, 15) is 0 Å². The van der Waals surface area contributed by atoms with E-state index >= 15 is 0 Å². The fourth-order valence-corrected chi connectivity index (χ4v) is 1.41. The molecule has 1 aliphatic rings. The molecule has 0 N–H and O–H groups in total. The number of hydrogen-bond donors (Lipinski definition) is 0. The molecular formula is C10H8O2. The second-order valence-corrected chi connectivity index (χ2v) is 3.04. The van der Waals surface area contributed by atoms with Gasteiger partial charge in [0.1, 0.15) is 11.7 Å². The average Bonchev–Trinajstić information content (AvgIpc) is 2.84. The van der Waals surface area contributed by atoms with Gasteiger partial charge in [-0.3, -0.25) is 0 Å². The SMILES string of the molecule is c1cc2ccc(C3CO3)cc2o1. The van der Waals surface area contributed by atoms with Gasteiger partial charge in [-0.05, 0) is 17.7 Å². The van der Waals surface area contributed by atoms with Gasteiger partial charge in [-0.2, -0.15) is 0 Å². The van der Waals surface area contributed by atoms with Gasteiger partial charge in [0.15, 0.2) is 0 Å². The largest absolute Gasteiger partial charge is 0.464 e. The fraction of sp³-hybridized carbons (Fsp3) is 0.200. The highest BCUT2D eigenvalue weighted by molar-refractivity contribution is 5.77. The number of ether oxygens (including phenoxy) is 1. The summed E-state index contributed by atoms with van der Waals surface area (Å²) in [5.74, 6) is 0. The Morgan fingerprint density at radius 1 is 1.25 bits per heavy atom. The lowest BCUT2D eigenvalue weighted by atomic mass is 10.1. The molecule has 1 fully saturated rings. The lowest BCUT2D eigenvalue weighted by Crippen LogP contribution is -1.77. The average molecular weight is 160 g/mol. The second-order valence-electron chi connectivity index (χ2n) is 3.04. The van der Waals surface area contributed by atoms with E-state index in [1.54, 1.807) is 6.26 Å². The molecule has 2 aromatic rings. The van der Waals surface area contributed by atoms with Crippen LogP contribution in [0.4, 0.5) is 0 Å². The minimum atomic E-state index is 0.319. The van der Waals surface area contributed by atoms with Gasteiger partial charge < -0.3 is 9.15 Å². The minimum absolute atomic E-state index is 0.319. The Kier molecular flexibility index (Phi) is 1.10. The zero-order valence-corrected chi connectivity index (χ0v) is 6.49. The first-order chi connectivity index (χ1) is 5.93. The molecule has 0 saturated carbocycles. The Hall–Kier alpha value is -1.28. The zero-order chi connectivity index (χ0) is 7.97. The van der Waals surface area contributed by atoms with Crippen LogP contribution in [-0.2, 0) is 4.74 Å². The first-order valence-electron chi connectivity index (χ1n) is 4.02. The summed E-state index contributed by atoms with van der Waals surface area (Å²) in [5, 5.41) is 1.15. The van der Waals surface area contributed by atoms with Crippen LogP contribution in [0.1, 0.15) is 11.7 Å². The molecular weight excluding hydrogens is 152 g/mol. The maximum Gasteiger partial charge on any atom is 0.134 e. The third-order valence-electron chi connectivity index (χ3n) is 2.19. The van der Waals surface area contributed by atoms with Crippen LogP contribution >= 0.6 is 0 Å². The smallest absolute Gasteiger partial charge is 0.134 e. The Bertz CT molecular complexity index is 412. The van der Waals surface area contributed by atoms with Crippen LogP contribution in [-0.4, -0.2) is 6.61 Å². The first-order valence-corrected chi connectivity index (χ1v) is 4.02. The monoisotopic (exact) mass is 160 g/mol. The van der Waals surface area contributed by atoms with Crippen molar-refractivity contribution >= 4 is 11.0 Å². The van der Waals surface area contributed by atoms with Crippen LogP contribution in [0.5, 0.6) is 0 Å². The highest BCUT2D eigenvalue weighted by atomic mass is 16.6. The molecule has 2 heteroatoms. The molecule has 3 rings (SSSR count). The number of hydrogen-bond acceptors (Lipinski definition) is 2. The second kappa shape index (κ2) is 2.11. The topological polar surface area (TPSA) is 25.7 Å². The maximum atomic E-state index is 5.28. The van der Waals surface area contributed by atoms with Gasteiger partial charge >= 0.3 is 0 Å². The highest BCUT2D eigenvalue weighted by Crippen LogP contribution is 2.31. The number of rotatable bonds is 1. The lowest BCUT2D eigenvalue weighted by molar-refractivity contribution is 0.415. The van der Waals surface area contributed by atoms with Crippen LogP contribution in [0, 0.1) is 0 Å². The van der Waals surface area contributed by atoms with Gasteiger partial charge in [0.2, 0.25) is 0 Å². The van der Waals surface area contributed by atoms with Gasteiger partial charge in [-0.25, -0.2) is 0 Å². The van der Waals surface area contributed by atoms with Crippen molar-refractivity contribution in [2.24, 2.45) is 0 Å². The zero-order valence-electron chi connectivity index (χ0n) is 6.49. The molecule has 0 spiro atoms. The van der Waals surface area contributed by atoms with Gasteiger partial charge in [0.05, 0.1) is 12.9 Å². The predicted octanol–water partition coefficient (Wildman–Crippen LogP) is 2.50. The minimum Gasteiger partial charge on any atom is -0.464 e. The molecule has 60 valence electrons. The molecule has 0 radical (unpaired) electrons. The van der Waals surface area contributed by atoms with E-state index in [0.29, 0.717) is 6.10 Å². The number of furan rings is 1. The van der Waals surface area contributed by atoms with E-state index in [1.807, 2.05) is 12.1 Å². The molecule has 1 atom stereocenters. The predicted molar refractivity (Wildman–Crippen MR) is 44.9 cm³/mol. The molecule has 0 aliphatic carbocycles. The van der Waals surface area contributed by atoms with Crippen molar-refractivity contribution in [2.45, 2.75) is 6.10 Å². The number of benzene rings is 1. The summed E-state index contributed by atoms with van der Waals surface area (Å²) in [6.07, 6.45) is 2.03. The van der Waals surface area contributed by atoms with Crippen molar-refractivity contribution in [2.75, 3.05) is 6.61 Å². The Morgan fingerprint density at radius 2 is 2.17 bits per heavy atom. The Labute approximate surface area is 69.7 Å². The van der Waals surface area contributed by atoms with Crippen molar-refractivity contribution in [1.82, 2.24) is 0 Å². The van der Waals surface area contributed by atoms with Crippen LogP contribution in [0.2, 0.25) is 0 Å². The van der Waals surface area contributed by atoms with Gasteiger partial charge in [-0.15, -0.1) is 0 Å². The fourth-order valence-electron chi connectivity index (χ4n) is 1.41. The quantitative estimate of drug-likeness (QED) is 0.599. The number of epoxide rings is 1. The van der Waals surface area contributed by atoms with E-state index in [-0.39, 0.29) is 0 Å². The molecule has 1 aromatic carbocycles. The van der Waals surface area contributed by atoms with Crippen LogP contribution in [0.25, 0.3) is 11.0 Å². The number of fused-ring (bicyclic) bond motifs is 1. The molecule has 2 heterocycles. The Balaban J connectivity index is 2.21. The van der Waals surface area contributed by atoms with Crippen molar-refractivity contribution in [3.8, 4) is 0 Å². The molecule has 0 amide bonds. The summed E-state index contributed by atoms with van der Waals surface area (Å²) in [4.78, 5) is 0. The van der Waals surface area contributed by atoms with Gasteiger partial charge in [0.25, 0.3) is 0 Å². The highest BCUT2D eigenvalue weighted by Gasteiger charge is 2.24. The normalized spacial score (nSPS) is 21.5. The van der Waals surface area contributed by atoms with E-state index in [1.165, 1.54) is 5.56 Å². The van der Waals surface area contributed by atoms with Crippen LogP contribution in [0.15, 0.2) is 34.9 Å². The van der Waals surface area contributed by atoms with Gasteiger partial charge in [-0.1, -0.05) is 12.1 Å². The van der Waals surface area contributed by atoms with E-state index in [2.05, 4.69) is 12.1 Å². The molecule has 1 unspecified atom stereocenters. The van der Waals surface area contributed by atoms with Crippen molar-refractivity contribution in [3.05, 3.63) is 36.1 Å². The summed E-state index contributed by atoms with van der Waals surface area (Å²) in [6.45, 7) is 0.853. The van der Waals surface area contributed by atoms with Crippen LogP contribution in [0.3, 0.4) is 0 Å². The summed E-state index contributed by atoms with van der Waals surface area (Å²) in [6, 6.07) is 8.17. The molecule has 1 saturated heterocycles. The summed E-state index contributed by atoms with van der Waals surface area (Å²) < 4.78 is 10.5. The Morgan fingerprint density at radius 3 is 3.00 bits per heavy atom. The maximum absolute atomic E-state index is 5.28. The molecule has 0 bridgehead atoms.